The van der Waals surface area contributed by atoms with Gasteiger partial charge in [-0.15, -0.1) is 0 Å². The zero-order chi connectivity index (χ0) is 31.2. The van der Waals surface area contributed by atoms with Crippen LogP contribution in [0, 0.1) is 5.92 Å². The molecule has 12 nitrogen and oxygen atoms in total. The van der Waals surface area contributed by atoms with E-state index in [1.54, 1.807) is 47.3 Å². The van der Waals surface area contributed by atoms with Crippen LogP contribution in [0.4, 0.5) is 27.9 Å². The number of carbonyl (C=O) groups is 3. The summed E-state index contributed by atoms with van der Waals surface area (Å²) < 4.78 is 5.66. The van der Waals surface area contributed by atoms with Crippen molar-refractivity contribution in [1.29, 1.82) is 0 Å². The second kappa shape index (κ2) is 11.8. The highest BCUT2D eigenvalue weighted by Crippen LogP contribution is 2.44. The molecule has 0 spiro atoms. The molecule has 5 heterocycles. The van der Waals surface area contributed by atoms with Crippen molar-refractivity contribution in [2.75, 3.05) is 30.9 Å². The summed E-state index contributed by atoms with van der Waals surface area (Å²) in [6.07, 6.45) is 10.4. The number of anilines is 3. The predicted molar refractivity (Wildman–Crippen MR) is 167 cm³/mol. The van der Waals surface area contributed by atoms with E-state index in [1.807, 2.05) is 26.8 Å². The lowest BCUT2D eigenvalue weighted by molar-refractivity contribution is -0.122. The van der Waals surface area contributed by atoms with E-state index in [0.29, 0.717) is 41.3 Å². The highest BCUT2D eigenvalue weighted by atomic mass is 16.6. The SMILES string of the molecule is CN(C)C(=O)C1=Nc2cnc(Nc3ccc(N4CC5CCC(CC4=O)N5C(=O)OC(C)(C)C)cn3)nc2C1C1CCCCC1. The van der Waals surface area contributed by atoms with Crippen molar-refractivity contribution in [2.45, 2.75) is 95.7 Å². The van der Waals surface area contributed by atoms with Crippen LogP contribution < -0.4 is 10.2 Å². The summed E-state index contributed by atoms with van der Waals surface area (Å²) in [6, 6.07) is 3.37. The minimum absolute atomic E-state index is 0.0351. The van der Waals surface area contributed by atoms with Gasteiger partial charge in [0, 0.05) is 33.1 Å². The van der Waals surface area contributed by atoms with Gasteiger partial charge in [-0.3, -0.25) is 14.5 Å². The van der Waals surface area contributed by atoms with Gasteiger partial charge in [-0.25, -0.2) is 24.7 Å². The van der Waals surface area contributed by atoms with Gasteiger partial charge >= 0.3 is 6.09 Å². The fourth-order valence-electron chi connectivity index (χ4n) is 6.98. The first-order valence-corrected chi connectivity index (χ1v) is 15.7. The van der Waals surface area contributed by atoms with E-state index in [9.17, 15) is 14.4 Å². The molecular formula is C32H42N8O4. The van der Waals surface area contributed by atoms with Crippen molar-refractivity contribution in [3.63, 3.8) is 0 Å². The minimum atomic E-state index is -0.600. The number of amides is 3. The average Bonchev–Trinajstić information content (AvgIpc) is 3.51. The smallest absolute Gasteiger partial charge is 0.410 e. The van der Waals surface area contributed by atoms with Gasteiger partial charge in [-0.2, -0.15) is 0 Å². The fourth-order valence-corrected chi connectivity index (χ4v) is 6.98. The van der Waals surface area contributed by atoms with Crippen LogP contribution >= 0.6 is 0 Å². The standard InChI is InChI=1S/C32H42N8O4/c1-32(2,3)44-31(43)40-20-11-12-22(40)18-39(25(41)15-20)21-13-14-24(33-16-21)36-30-34-17-23-27(37-30)26(19-9-7-6-8-10-19)28(35-23)29(42)38(4)5/h13-14,16-17,19-20,22,26H,6-12,15,18H2,1-5H3,(H,33,34,36,37). The molecule has 2 saturated heterocycles. The second-order valence-corrected chi connectivity index (χ2v) is 13.5. The van der Waals surface area contributed by atoms with Crippen LogP contribution in [-0.4, -0.2) is 86.7 Å². The third-order valence-electron chi connectivity index (χ3n) is 9.00. The maximum absolute atomic E-state index is 13.3. The number of fused-ring (bicyclic) bond motifs is 3. The number of nitrogens with one attached hydrogen (secondary N) is 1. The van der Waals surface area contributed by atoms with Gasteiger partial charge in [0.15, 0.2) is 0 Å². The second-order valence-electron chi connectivity index (χ2n) is 13.5. The van der Waals surface area contributed by atoms with Crippen molar-refractivity contribution < 1.29 is 19.1 Å². The molecule has 2 aromatic rings. The zero-order valence-electron chi connectivity index (χ0n) is 26.2. The zero-order valence-corrected chi connectivity index (χ0v) is 26.2. The van der Waals surface area contributed by atoms with E-state index < -0.39 is 5.60 Å². The monoisotopic (exact) mass is 602 g/mol. The van der Waals surface area contributed by atoms with Gasteiger partial charge < -0.3 is 19.9 Å². The number of ether oxygens (including phenoxy) is 1. The minimum Gasteiger partial charge on any atom is -0.444 e. The molecule has 4 aliphatic rings. The Bertz CT molecular complexity index is 1460. The molecule has 3 fully saturated rings. The van der Waals surface area contributed by atoms with Crippen molar-refractivity contribution >= 4 is 46.8 Å². The van der Waals surface area contributed by atoms with E-state index in [-0.39, 0.29) is 42.3 Å². The maximum Gasteiger partial charge on any atom is 0.410 e. The van der Waals surface area contributed by atoms with E-state index in [1.165, 1.54) is 6.42 Å². The van der Waals surface area contributed by atoms with E-state index >= 15 is 0 Å². The first-order chi connectivity index (χ1) is 21.0. The Hall–Kier alpha value is -4.09. The van der Waals surface area contributed by atoms with E-state index in [2.05, 4.69) is 15.3 Å². The van der Waals surface area contributed by atoms with Crippen LogP contribution in [0.3, 0.4) is 0 Å². The number of aromatic nitrogens is 3. The van der Waals surface area contributed by atoms with Crippen LogP contribution in [0.2, 0.25) is 0 Å². The Kier molecular flexibility index (Phi) is 8.02. The average molecular weight is 603 g/mol. The van der Waals surface area contributed by atoms with Crippen molar-refractivity contribution in [2.24, 2.45) is 10.9 Å². The summed E-state index contributed by atoms with van der Waals surface area (Å²) in [7, 11) is 3.50. The molecule has 0 radical (unpaired) electrons. The van der Waals surface area contributed by atoms with E-state index in [4.69, 9.17) is 14.7 Å². The Morgan fingerprint density at radius 3 is 2.43 bits per heavy atom. The molecule has 3 atom stereocenters. The molecule has 44 heavy (non-hydrogen) atoms. The number of rotatable bonds is 5. The third-order valence-corrected chi connectivity index (χ3v) is 9.00. The largest absolute Gasteiger partial charge is 0.444 e. The van der Waals surface area contributed by atoms with Gasteiger partial charge in [0.2, 0.25) is 11.9 Å². The molecule has 2 aromatic heterocycles. The first kappa shape index (κ1) is 30.0. The van der Waals surface area contributed by atoms with E-state index in [0.717, 1.165) is 44.2 Å². The van der Waals surface area contributed by atoms with Crippen LogP contribution in [0.25, 0.3) is 0 Å². The number of aliphatic imine (C=N–C) groups is 1. The summed E-state index contributed by atoms with van der Waals surface area (Å²) >= 11 is 0. The number of carbonyl (C=O) groups excluding carboxylic acids is 3. The van der Waals surface area contributed by atoms with Gasteiger partial charge in [-0.1, -0.05) is 19.3 Å². The molecule has 6 rings (SSSR count). The van der Waals surface area contributed by atoms with Gasteiger partial charge in [0.05, 0.1) is 35.7 Å². The maximum atomic E-state index is 13.3. The van der Waals surface area contributed by atoms with Gasteiger partial charge in [0.25, 0.3) is 5.91 Å². The summed E-state index contributed by atoms with van der Waals surface area (Å²) in [5.74, 6) is 0.965. The molecule has 1 N–H and O–H groups in total. The summed E-state index contributed by atoms with van der Waals surface area (Å²) in [4.78, 5) is 62.9. The Morgan fingerprint density at radius 2 is 1.75 bits per heavy atom. The Balaban J connectivity index is 1.17. The third kappa shape index (κ3) is 5.98. The molecule has 3 amide bonds. The van der Waals surface area contributed by atoms with Crippen LogP contribution in [0.15, 0.2) is 29.5 Å². The predicted octanol–water partition coefficient (Wildman–Crippen LogP) is 4.96. The number of hydrogen-bond acceptors (Lipinski definition) is 9. The Labute approximate surface area is 258 Å². The summed E-state index contributed by atoms with van der Waals surface area (Å²) in [6.45, 7) is 5.95. The van der Waals surface area contributed by atoms with Gasteiger partial charge in [-0.05, 0) is 64.5 Å². The molecule has 234 valence electrons. The topological polar surface area (TPSA) is 133 Å². The normalized spacial score (nSPS) is 23.6. The summed E-state index contributed by atoms with van der Waals surface area (Å²) in [5.41, 5.74) is 2.05. The molecule has 12 heteroatoms. The molecule has 1 aliphatic carbocycles. The van der Waals surface area contributed by atoms with Crippen LogP contribution in [0.5, 0.6) is 0 Å². The number of pyridine rings is 1. The van der Waals surface area contributed by atoms with Gasteiger partial charge in [0.1, 0.15) is 22.8 Å². The first-order valence-electron chi connectivity index (χ1n) is 15.7. The van der Waals surface area contributed by atoms with Crippen molar-refractivity contribution in [1.82, 2.24) is 24.8 Å². The lowest BCUT2D eigenvalue weighted by atomic mass is 9.76. The lowest BCUT2D eigenvalue weighted by Gasteiger charge is -2.31. The van der Waals surface area contributed by atoms with Crippen LogP contribution in [0.1, 0.15) is 83.7 Å². The molecule has 1 saturated carbocycles. The number of hydrogen-bond donors (Lipinski definition) is 1. The highest BCUT2D eigenvalue weighted by Gasteiger charge is 2.45. The fraction of sp³-hybridized carbons (Fsp3) is 0.594. The van der Waals surface area contributed by atoms with Crippen LogP contribution in [-0.2, 0) is 14.3 Å². The summed E-state index contributed by atoms with van der Waals surface area (Å²) in [5, 5.41) is 3.20. The molecular weight excluding hydrogens is 560 g/mol. The van der Waals surface area contributed by atoms with Crippen molar-refractivity contribution in [3.8, 4) is 0 Å². The lowest BCUT2D eigenvalue weighted by Crippen LogP contribution is -2.45. The number of nitrogens with zero attached hydrogens (tertiary/aromatic N) is 7. The van der Waals surface area contributed by atoms with Crippen molar-refractivity contribution in [3.05, 3.63) is 30.2 Å². The molecule has 2 bridgehead atoms. The Morgan fingerprint density at radius 1 is 1.00 bits per heavy atom. The molecule has 3 unspecified atom stereocenters. The molecule has 3 aliphatic heterocycles. The molecule has 0 aromatic carbocycles. The highest BCUT2D eigenvalue weighted by molar-refractivity contribution is 6.42. The quantitative estimate of drug-likeness (QED) is 0.508.